The zero-order chi connectivity index (χ0) is 12.1. The van der Waals surface area contributed by atoms with E-state index in [2.05, 4.69) is 6.07 Å². The minimum Gasteiger partial charge on any atom is -0.381 e. The second-order valence-electron chi connectivity index (χ2n) is 4.26. The van der Waals surface area contributed by atoms with E-state index in [0.29, 0.717) is 11.8 Å². The third-order valence-electron chi connectivity index (χ3n) is 2.84. The Bertz CT molecular complexity index is 366. The summed E-state index contributed by atoms with van der Waals surface area (Å²) in [6.45, 7) is 2.20. The zero-order valence-electron chi connectivity index (χ0n) is 9.82. The Labute approximate surface area is 106 Å². The molecule has 4 heteroatoms. The van der Waals surface area contributed by atoms with E-state index in [1.165, 1.54) is 0 Å². The first-order chi connectivity index (χ1) is 8.28. The van der Waals surface area contributed by atoms with E-state index in [0.717, 1.165) is 42.9 Å². The molecule has 0 spiro atoms. The van der Waals surface area contributed by atoms with Crippen LogP contribution in [0, 0.1) is 5.82 Å². The van der Waals surface area contributed by atoms with Crippen LogP contribution in [0.1, 0.15) is 18.4 Å². The molecule has 1 aliphatic rings. The van der Waals surface area contributed by atoms with Crippen molar-refractivity contribution in [1.82, 2.24) is 0 Å². The molecule has 1 saturated heterocycles. The predicted octanol–water partition coefficient (Wildman–Crippen LogP) is 2.60. The van der Waals surface area contributed by atoms with Crippen LogP contribution in [0.2, 0.25) is 0 Å². The first-order valence-corrected chi connectivity index (χ1v) is 6.90. The fourth-order valence-corrected chi connectivity index (χ4v) is 3.20. The van der Waals surface area contributed by atoms with Crippen LogP contribution >= 0.6 is 11.8 Å². The Kier molecular flexibility index (Phi) is 4.83. The van der Waals surface area contributed by atoms with E-state index in [4.69, 9.17) is 10.5 Å². The molecule has 2 rings (SSSR count). The molecule has 17 heavy (non-hydrogen) atoms. The van der Waals surface area contributed by atoms with Gasteiger partial charge in [-0.2, -0.15) is 0 Å². The van der Waals surface area contributed by atoms with E-state index >= 15 is 0 Å². The van der Waals surface area contributed by atoms with E-state index in [-0.39, 0.29) is 5.82 Å². The minimum atomic E-state index is -0.162. The molecular formula is C13H18FNOS. The fourth-order valence-electron chi connectivity index (χ4n) is 1.99. The van der Waals surface area contributed by atoms with Crippen molar-refractivity contribution in [3.05, 3.63) is 29.6 Å². The molecule has 0 bridgehead atoms. The van der Waals surface area contributed by atoms with Gasteiger partial charge in [0.1, 0.15) is 5.82 Å². The molecule has 0 atom stereocenters. The van der Waals surface area contributed by atoms with Crippen LogP contribution in [0.4, 0.5) is 4.39 Å². The normalized spacial score (nSPS) is 17.3. The van der Waals surface area contributed by atoms with Gasteiger partial charge in [0, 0.05) is 23.4 Å². The maximum absolute atomic E-state index is 13.4. The third kappa shape index (κ3) is 3.98. The topological polar surface area (TPSA) is 35.2 Å². The number of thioether (sulfide) groups is 1. The Morgan fingerprint density at radius 3 is 2.76 bits per heavy atom. The largest absolute Gasteiger partial charge is 0.381 e. The molecule has 0 aliphatic carbocycles. The van der Waals surface area contributed by atoms with Crippen LogP contribution in [0.3, 0.4) is 0 Å². The van der Waals surface area contributed by atoms with Crippen molar-refractivity contribution in [2.45, 2.75) is 29.4 Å². The van der Waals surface area contributed by atoms with Gasteiger partial charge in [-0.25, -0.2) is 4.39 Å². The lowest BCUT2D eigenvalue weighted by Crippen LogP contribution is -2.17. The highest BCUT2D eigenvalue weighted by Crippen LogP contribution is 2.30. The maximum atomic E-state index is 13.4. The molecule has 94 valence electrons. The highest BCUT2D eigenvalue weighted by Gasteiger charge is 2.15. The number of hydrogen-bond acceptors (Lipinski definition) is 3. The molecule has 1 heterocycles. The number of rotatable bonds is 4. The van der Waals surface area contributed by atoms with Crippen molar-refractivity contribution in [2.75, 3.05) is 19.8 Å². The van der Waals surface area contributed by atoms with Crippen LogP contribution in [0.15, 0.2) is 23.1 Å². The summed E-state index contributed by atoms with van der Waals surface area (Å²) in [5.41, 5.74) is 6.49. The smallest absolute Gasteiger partial charge is 0.124 e. The summed E-state index contributed by atoms with van der Waals surface area (Å²) in [5, 5.41) is 0.552. The van der Waals surface area contributed by atoms with Crippen molar-refractivity contribution in [3.63, 3.8) is 0 Å². The van der Waals surface area contributed by atoms with Crippen molar-refractivity contribution in [1.29, 1.82) is 0 Å². The summed E-state index contributed by atoms with van der Waals surface area (Å²) in [5.74, 6) is -0.162. The van der Waals surface area contributed by atoms with Gasteiger partial charge in [-0.1, -0.05) is 0 Å². The minimum absolute atomic E-state index is 0.162. The molecule has 1 aromatic rings. The number of nitrogens with two attached hydrogens (primary N) is 1. The summed E-state index contributed by atoms with van der Waals surface area (Å²) < 4.78 is 18.7. The quantitative estimate of drug-likeness (QED) is 0.898. The lowest BCUT2D eigenvalue weighted by molar-refractivity contribution is 0.100. The van der Waals surface area contributed by atoms with Crippen LogP contribution in [0.5, 0.6) is 0 Å². The summed E-state index contributed by atoms with van der Waals surface area (Å²) >= 11 is 1.76. The SMILES string of the molecule is NCCc1cc(F)cc(SC2CCOCC2)c1. The van der Waals surface area contributed by atoms with Gasteiger partial charge >= 0.3 is 0 Å². The Hall–Kier alpha value is -0.580. The second-order valence-corrected chi connectivity index (χ2v) is 5.64. The van der Waals surface area contributed by atoms with Crippen LogP contribution in [-0.4, -0.2) is 25.0 Å². The first-order valence-electron chi connectivity index (χ1n) is 6.02. The lowest BCUT2D eigenvalue weighted by Gasteiger charge is -2.21. The van der Waals surface area contributed by atoms with Crippen molar-refractivity contribution in [2.24, 2.45) is 5.73 Å². The maximum Gasteiger partial charge on any atom is 0.124 e. The lowest BCUT2D eigenvalue weighted by atomic mass is 10.1. The molecule has 1 aliphatic heterocycles. The monoisotopic (exact) mass is 255 g/mol. The number of ether oxygens (including phenoxy) is 1. The average Bonchev–Trinajstić information content (AvgIpc) is 2.30. The molecule has 2 N–H and O–H groups in total. The van der Waals surface area contributed by atoms with E-state index in [9.17, 15) is 4.39 Å². The first kappa shape index (κ1) is 12.9. The predicted molar refractivity (Wildman–Crippen MR) is 68.9 cm³/mol. The zero-order valence-corrected chi connectivity index (χ0v) is 10.6. The summed E-state index contributed by atoms with van der Waals surface area (Å²) in [6.07, 6.45) is 2.83. The Balaban J connectivity index is 2.03. The van der Waals surface area contributed by atoms with Gasteiger partial charge in [0.15, 0.2) is 0 Å². The molecule has 0 radical (unpaired) electrons. The van der Waals surface area contributed by atoms with E-state index in [1.807, 2.05) is 0 Å². The summed E-state index contributed by atoms with van der Waals surface area (Å²) in [4.78, 5) is 1.01. The second kappa shape index (κ2) is 6.38. The third-order valence-corrected chi connectivity index (χ3v) is 4.15. The van der Waals surface area contributed by atoms with Crippen LogP contribution in [-0.2, 0) is 11.2 Å². The van der Waals surface area contributed by atoms with Gasteiger partial charge in [0.05, 0.1) is 0 Å². The van der Waals surface area contributed by atoms with Gasteiger partial charge in [-0.3, -0.25) is 0 Å². The summed E-state index contributed by atoms with van der Waals surface area (Å²) in [6, 6.07) is 5.23. The number of benzene rings is 1. The highest BCUT2D eigenvalue weighted by molar-refractivity contribution is 8.00. The van der Waals surface area contributed by atoms with E-state index in [1.54, 1.807) is 23.9 Å². The molecule has 1 fully saturated rings. The average molecular weight is 255 g/mol. The van der Waals surface area contributed by atoms with E-state index < -0.39 is 0 Å². The van der Waals surface area contributed by atoms with Gasteiger partial charge in [0.25, 0.3) is 0 Å². The molecule has 0 amide bonds. The fraction of sp³-hybridized carbons (Fsp3) is 0.538. The van der Waals surface area contributed by atoms with Crippen molar-refractivity contribution >= 4 is 11.8 Å². The van der Waals surface area contributed by atoms with Crippen molar-refractivity contribution < 1.29 is 9.13 Å². The van der Waals surface area contributed by atoms with Crippen LogP contribution < -0.4 is 5.73 Å². The molecule has 0 aromatic heterocycles. The van der Waals surface area contributed by atoms with Gasteiger partial charge in [-0.15, -0.1) is 11.8 Å². The molecular weight excluding hydrogens is 237 g/mol. The van der Waals surface area contributed by atoms with Crippen molar-refractivity contribution in [3.8, 4) is 0 Å². The standard InChI is InChI=1S/C13H18FNOS/c14-11-7-10(1-4-15)8-13(9-11)17-12-2-5-16-6-3-12/h7-9,12H,1-6,15H2. The van der Waals surface area contributed by atoms with Crippen LogP contribution in [0.25, 0.3) is 0 Å². The molecule has 0 saturated carbocycles. The Morgan fingerprint density at radius 2 is 2.06 bits per heavy atom. The number of hydrogen-bond donors (Lipinski definition) is 1. The molecule has 1 aromatic carbocycles. The highest BCUT2D eigenvalue weighted by atomic mass is 32.2. The molecule has 2 nitrogen and oxygen atoms in total. The summed E-state index contributed by atoms with van der Waals surface area (Å²) in [7, 11) is 0. The van der Waals surface area contributed by atoms with Gasteiger partial charge in [0.2, 0.25) is 0 Å². The number of halogens is 1. The molecule has 0 unspecified atom stereocenters. The van der Waals surface area contributed by atoms with Gasteiger partial charge in [-0.05, 0) is 49.6 Å². The van der Waals surface area contributed by atoms with Gasteiger partial charge < -0.3 is 10.5 Å². The Morgan fingerprint density at radius 1 is 1.29 bits per heavy atom.